The molecule has 0 spiro atoms. The zero-order valence-corrected chi connectivity index (χ0v) is 13.7. The number of hydrogen-bond donors (Lipinski definition) is 0. The third-order valence-corrected chi connectivity index (χ3v) is 3.31. The van der Waals surface area contributed by atoms with Crippen molar-refractivity contribution in [1.82, 2.24) is 10.1 Å². The summed E-state index contributed by atoms with van der Waals surface area (Å²) in [6, 6.07) is 5.55. The number of rotatable bonds is 7. The Bertz CT molecular complexity index is 582. The van der Waals surface area contributed by atoms with Crippen LogP contribution in [0.5, 0.6) is 5.75 Å². The van der Waals surface area contributed by atoms with Crippen LogP contribution < -0.4 is 4.74 Å². The van der Waals surface area contributed by atoms with E-state index >= 15 is 0 Å². The molecule has 0 aliphatic heterocycles. The molecule has 1 heterocycles. The van der Waals surface area contributed by atoms with Crippen molar-refractivity contribution in [3.63, 3.8) is 0 Å². The average Bonchev–Trinajstić information content (AvgIpc) is 2.96. The van der Waals surface area contributed by atoms with Crippen molar-refractivity contribution in [2.45, 2.75) is 20.1 Å². The van der Waals surface area contributed by atoms with Crippen LogP contribution in [-0.4, -0.2) is 30.5 Å². The summed E-state index contributed by atoms with van der Waals surface area (Å²) < 4.78 is 22.1. The second kappa shape index (κ2) is 7.53. The Labute approximate surface area is 131 Å². The summed E-state index contributed by atoms with van der Waals surface area (Å²) in [7, 11) is 1.61. The molecule has 0 fully saturated rings. The highest BCUT2D eigenvalue weighted by Crippen LogP contribution is 2.30. The van der Waals surface area contributed by atoms with E-state index in [0.29, 0.717) is 24.9 Å². The first-order valence-electron chi connectivity index (χ1n) is 6.60. The molecular weight excluding hydrogens is 340 g/mol. The summed E-state index contributed by atoms with van der Waals surface area (Å²) in [4.78, 5) is 4.33. The Morgan fingerprint density at radius 3 is 2.52 bits per heavy atom. The van der Waals surface area contributed by atoms with E-state index in [0.717, 1.165) is 15.8 Å². The molecule has 0 saturated carbocycles. The molecule has 0 radical (unpaired) electrons. The van der Waals surface area contributed by atoms with Crippen LogP contribution in [0.15, 0.2) is 27.2 Å². The first-order chi connectivity index (χ1) is 10.2. The van der Waals surface area contributed by atoms with Gasteiger partial charge in [-0.3, -0.25) is 0 Å². The Morgan fingerprint density at radius 1 is 1.24 bits per heavy atom. The lowest BCUT2D eigenvalue weighted by Gasteiger charge is -2.11. The van der Waals surface area contributed by atoms with Crippen molar-refractivity contribution in [3.8, 4) is 17.1 Å². The largest absolute Gasteiger partial charge is 0.496 e. The van der Waals surface area contributed by atoms with Gasteiger partial charge in [0.05, 0.1) is 11.6 Å². The van der Waals surface area contributed by atoms with Gasteiger partial charge in [-0.15, -0.1) is 0 Å². The van der Waals surface area contributed by atoms with Crippen LogP contribution in [0.1, 0.15) is 26.0 Å². The highest BCUT2D eigenvalue weighted by molar-refractivity contribution is 9.10. The molecule has 21 heavy (non-hydrogen) atoms. The molecule has 0 amide bonds. The van der Waals surface area contributed by atoms with Crippen LogP contribution in [0.25, 0.3) is 11.4 Å². The monoisotopic (exact) mass is 356 g/mol. The lowest BCUT2D eigenvalue weighted by atomic mass is 10.2. The minimum absolute atomic E-state index is 0.306. The van der Waals surface area contributed by atoms with Gasteiger partial charge in [0, 0.05) is 18.8 Å². The van der Waals surface area contributed by atoms with Crippen LogP contribution in [0.2, 0.25) is 0 Å². The molecule has 0 saturated heterocycles. The van der Waals surface area contributed by atoms with E-state index in [9.17, 15) is 0 Å². The molecular formula is C14H17BrN2O4. The van der Waals surface area contributed by atoms with Gasteiger partial charge < -0.3 is 18.7 Å². The number of ether oxygens (including phenoxy) is 3. The van der Waals surface area contributed by atoms with Crippen LogP contribution in [0.3, 0.4) is 0 Å². The van der Waals surface area contributed by atoms with Crippen molar-refractivity contribution < 1.29 is 18.7 Å². The van der Waals surface area contributed by atoms with Crippen molar-refractivity contribution in [3.05, 3.63) is 28.6 Å². The number of benzene rings is 1. The van der Waals surface area contributed by atoms with Gasteiger partial charge in [-0.25, -0.2) is 0 Å². The fraction of sp³-hybridized carbons (Fsp3) is 0.429. The van der Waals surface area contributed by atoms with E-state index in [1.165, 1.54) is 0 Å². The first kappa shape index (κ1) is 15.9. The summed E-state index contributed by atoms with van der Waals surface area (Å²) in [6.45, 7) is 4.75. The van der Waals surface area contributed by atoms with Gasteiger partial charge in [0.25, 0.3) is 5.89 Å². The molecule has 1 aromatic carbocycles. The number of aromatic nitrogens is 2. The SMILES string of the molecule is CCOC(OCC)c1nc(-c2ccc(OC)c(Br)c2)no1. The third kappa shape index (κ3) is 3.81. The molecule has 2 aromatic rings. The topological polar surface area (TPSA) is 66.6 Å². The molecule has 0 bridgehead atoms. The standard InChI is InChI=1S/C14H17BrN2O4/c1-4-19-14(20-5-2)13-16-12(17-21-13)9-6-7-11(18-3)10(15)8-9/h6-8,14H,4-5H2,1-3H3. The third-order valence-electron chi connectivity index (χ3n) is 2.69. The van der Waals surface area contributed by atoms with Gasteiger partial charge in [-0.2, -0.15) is 4.98 Å². The zero-order valence-electron chi connectivity index (χ0n) is 12.1. The maximum Gasteiger partial charge on any atom is 0.283 e. The molecule has 114 valence electrons. The van der Waals surface area contributed by atoms with Gasteiger partial charge in [-0.1, -0.05) is 5.16 Å². The molecule has 0 atom stereocenters. The lowest BCUT2D eigenvalue weighted by Crippen LogP contribution is -2.09. The van der Waals surface area contributed by atoms with Crippen molar-refractivity contribution in [2.75, 3.05) is 20.3 Å². The van der Waals surface area contributed by atoms with Crippen molar-refractivity contribution in [1.29, 1.82) is 0 Å². The predicted octanol–water partition coefficient (Wildman–Crippen LogP) is 3.58. The fourth-order valence-electron chi connectivity index (χ4n) is 1.75. The first-order valence-corrected chi connectivity index (χ1v) is 7.39. The van der Waals surface area contributed by atoms with Crippen LogP contribution in [-0.2, 0) is 9.47 Å². The Balaban J connectivity index is 2.24. The van der Waals surface area contributed by atoms with Gasteiger partial charge in [0.1, 0.15) is 5.75 Å². The van der Waals surface area contributed by atoms with Crippen LogP contribution in [0.4, 0.5) is 0 Å². The summed E-state index contributed by atoms with van der Waals surface area (Å²) in [5.74, 6) is 1.52. The number of hydrogen-bond acceptors (Lipinski definition) is 6. The average molecular weight is 357 g/mol. The number of halogens is 1. The Morgan fingerprint density at radius 2 is 1.95 bits per heavy atom. The zero-order chi connectivity index (χ0) is 15.2. The van der Waals surface area contributed by atoms with E-state index in [1.807, 2.05) is 32.0 Å². The molecule has 1 aromatic heterocycles. The van der Waals surface area contributed by atoms with E-state index in [1.54, 1.807) is 7.11 Å². The van der Waals surface area contributed by atoms with E-state index in [4.69, 9.17) is 18.7 Å². The minimum Gasteiger partial charge on any atom is -0.496 e. The molecule has 0 aliphatic rings. The second-order valence-electron chi connectivity index (χ2n) is 4.05. The maximum absolute atomic E-state index is 5.43. The Kier molecular flexibility index (Phi) is 5.72. The molecule has 7 heteroatoms. The molecule has 6 nitrogen and oxygen atoms in total. The summed E-state index contributed by atoms with van der Waals surface area (Å²) in [5, 5.41) is 3.96. The number of methoxy groups -OCH3 is 1. The minimum atomic E-state index is -0.636. The Hall–Kier alpha value is -1.44. The highest BCUT2D eigenvalue weighted by atomic mass is 79.9. The predicted molar refractivity (Wildman–Crippen MR) is 80.0 cm³/mol. The summed E-state index contributed by atoms with van der Waals surface area (Å²) >= 11 is 3.43. The summed E-state index contributed by atoms with van der Waals surface area (Å²) in [5.41, 5.74) is 0.810. The van der Waals surface area contributed by atoms with Gasteiger partial charge in [0.2, 0.25) is 12.1 Å². The van der Waals surface area contributed by atoms with E-state index < -0.39 is 6.29 Å². The molecule has 0 N–H and O–H groups in total. The van der Waals surface area contributed by atoms with E-state index in [2.05, 4.69) is 26.1 Å². The quantitative estimate of drug-likeness (QED) is 0.706. The summed E-state index contributed by atoms with van der Waals surface area (Å²) in [6.07, 6.45) is -0.636. The smallest absolute Gasteiger partial charge is 0.283 e. The van der Waals surface area contributed by atoms with Crippen molar-refractivity contribution in [2.24, 2.45) is 0 Å². The normalized spacial score (nSPS) is 11.1. The van der Waals surface area contributed by atoms with Crippen LogP contribution >= 0.6 is 15.9 Å². The molecule has 0 unspecified atom stereocenters. The highest BCUT2D eigenvalue weighted by Gasteiger charge is 2.20. The second-order valence-corrected chi connectivity index (χ2v) is 4.90. The van der Waals surface area contributed by atoms with E-state index in [-0.39, 0.29) is 0 Å². The van der Waals surface area contributed by atoms with Crippen molar-refractivity contribution >= 4 is 15.9 Å². The molecule has 2 rings (SSSR count). The lowest BCUT2D eigenvalue weighted by molar-refractivity contribution is -0.155. The fourth-order valence-corrected chi connectivity index (χ4v) is 2.29. The molecule has 0 aliphatic carbocycles. The number of nitrogens with zero attached hydrogens (tertiary/aromatic N) is 2. The van der Waals surface area contributed by atoms with Crippen LogP contribution in [0, 0.1) is 0 Å². The maximum atomic E-state index is 5.43. The van der Waals surface area contributed by atoms with Gasteiger partial charge in [-0.05, 0) is 48.0 Å². The van der Waals surface area contributed by atoms with Gasteiger partial charge >= 0.3 is 0 Å². The van der Waals surface area contributed by atoms with Gasteiger partial charge in [0.15, 0.2) is 0 Å².